The lowest BCUT2D eigenvalue weighted by Gasteiger charge is -2.18. The van der Waals surface area contributed by atoms with Gasteiger partial charge in [-0.3, -0.25) is 0 Å². The number of rotatable bonds is 6. The van der Waals surface area contributed by atoms with E-state index < -0.39 is 16.0 Å². The Morgan fingerprint density at radius 1 is 1.11 bits per heavy atom. The molecule has 0 aromatic heterocycles. The second kappa shape index (κ2) is 7.94. The van der Waals surface area contributed by atoms with E-state index in [0.717, 1.165) is 24.3 Å². The molecule has 0 fully saturated rings. The number of methoxy groups -OCH3 is 1. The maximum absolute atomic E-state index is 12.6. The van der Waals surface area contributed by atoms with Crippen molar-refractivity contribution >= 4 is 21.7 Å². The number of hydrogen-bond acceptors (Lipinski definition) is 5. The summed E-state index contributed by atoms with van der Waals surface area (Å²) in [4.78, 5) is 13.9. The van der Waals surface area contributed by atoms with Crippen molar-refractivity contribution in [1.82, 2.24) is 4.72 Å². The maximum atomic E-state index is 12.6. The van der Waals surface area contributed by atoms with E-state index in [1.54, 1.807) is 6.92 Å². The zero-order valence-corrected chi connectivity index (χ0v) is 16.1. The van der Waals surface area contributed by atoms with Gasteiger partial charge in [0.15, 0.2) is 0 Å². The van der Waals surface area contributed by atoms with Crippen molar-refractivity contribution in [2.24, 2.45) is 0 Å². The van der Waals surface area contributed by atoms with Crippen molar-refractivity contribution in [2.75, 3.05) is 25.1 Å². The van der Waals surface area contributed by atoms with E-state index >= 15 is 0 Å². The largest absolute Gasteiger partial charge is 0.465 e. The molecule has 0 unspecified atom stereocenters. The molecule has 27 heavy (non-hydrogen) atoms. The summed E-state index contributed by atoms with van der Waals surface area (Å²) in [5.74, 6) is -0.497. The Morgan fingerprint density at radius 3 is 2.37 bits per heavy atom. The minimum absolute atomic E-state index is 0.148. The molecule has 0 radical (unpaired) electrons. The van der Waals surface area contributed by atoms with Crippen LogP contribution in [0.5, 0.6) is 0 Å². The Balaban J connectivity index is 1.68. The molecule has 0 atom stereocenters. The van der Waals surface area contributed by atoms with Gasteiger partial charge in [0.1, 0.15) is 0 Å². The van der Waals surface area contributed by atoms with Gasteiger partial charge < -0.3 is 9.64 Å². The van der Waals surface area contributed by atoms with Gasteiger partial charge >= 0.3 is 5.97 Å². The van der Waals surface area contributed by atoms with Gasteiger partial charge in [-0.05, 0) is 48.4 Å². The number of carbonyl (C=O) groups excluding carboxylic acids is 1. The van der Waals surface area contributed by atoms with Crippen LogP contribution in [0.15, 0.2) is 59.5 Å². The first kappa shape index (κ1) is 19.1. The molecule has 1 N–H and O–H groups in total. The van der Waals surface area contributed by atoms with Crippen LogP contribution in [0.3, 0.4) is 0 Å². The lowest BCUT2D eigenvalue weighted by atomic mass is 10.1. The number of esters is 1. The first-order valence-electron chi connectivity index (χ1n) is 8.58. The van der Waals surface area contributed by atoms with Crippen LogP contribution in [0.25, 0.3) is 0 Å². The van der Waals surface area contributed by atoms with E-state index in [1.807, 2.05) is 24.3 Å². The van der Waals surface area contributed by atoms with E-state index in [0.29, 0.717) is 11.1 Å². The average molecular weight is 386 g/mol. The second-order valence-electron chi connectivity index (χ2n) is 6.34. The summed E-state index contributed by atoms with van der Waals surface area (Å²) in [7, 11) is -2.40. The lowest BCUT2D eigenvalue weighted by Crippen LogP contribution is -2.24. The van der Waals surface area contributed by atoms with Crippen LogP contribution in [-0.4, -0.2) is 34.6 Å². The Morgan fingerprint density at radius 2 is 1.78 bits per heavy atom. The van der Waals surface area contributed by atoms with Gasteiger partial charge in [0.25, 0.3) is 0 Å². The molecule has 0 amide bonds. The van der Waals surface area contributed by atoms with Crippen LogP contribution < -0.4 is 9.62 Å². The molecule has 2 aromatic rings. The van der Waals surface area contributed by atoms with E-state index in [-0.39, 0.29) is 11.4 Å². The predicted molar refractivity (Wildman–Crippen MR) is 104 cm³/mol. The zero-order valence-electron chi connectivity index (χ0n) is 15.3. The van der Waals surface area contributed by atoms with Crippen molar-refractivity contribution in [2.45, 2.75) is 18.4 Å². The van der Waals surface area contributed by atoms with Gasteiger partial charge in [-0.15, -0.1) is 0 Å². The smallest absolute Gasteiger partial charge is 0.337 e. The monoisotopic (exact) mass is 386 g/mol. The second-order valence-corrected chi connectivity index (χ2v) is 8.07. The molecular weight excluding hydrogens is 364 g/mol. The number of ether oxygens (including phenoxy) is 1. The van der Waals surface area contributed by atoms with E-state index in [9.17, 15) is 13.2 Å². The van der Waals surface area contributed by atoms with Crippen LogP contribution in [0.2, 0.25) is 0 Å². The molecule has 7 heteroatoms. The van der Waals surface area contributed by atoms with Gasteiger partial charge in [0.2, 0.25) is 10.0 Å². The molecule has 1 heterocycles. The molecule has 1 aliphatic rings. The normalized spacial score (nSPS) is 13.8. The summed E-state index contributed by atoms with van der Waals surface area (Å²) < 4.78 is 32.5. The molecular formula is C20H22N2O4S. The minimum atomic E-state index is -3.69. The van der Waals surface area contributed by atoms with Gasteiger partial charge in [-0.1, -0.05) is 24.3 Å². The molecule has 2 aromatic carbocycles. The topological polar surface area (TPSA) is 75.7 Å². The van der Waals surface area contributed by atoms with Crippen LogP contribution in [0, 0.1) is 6.92 Å². The first-order valence-corrected chi connectivity index (χ1v) is 10.1. The van der Waals surface area contributed by atoms with Gasteiger partial charge in [-0.25, -0.2) is 17.9 Å². The number of nitrogens with zero attached hydrogens (tertiary/aromatic N) is 1. The van der Waals surface area contributed by atoms with Crippen LogP contribution >= 0.6 is 0 Å². The van der Waals surface area contributed by atoms with Crippen molar-refractivity contribution in [1.29, 1.82) is 0 Å². The number of benzene rings is 2. The maximum Gasteiger partial charge on any atom is 0.337 e. The van der Waals surface area contributed by atoms with E-state index in [2.05, 4.69) is 26.5 Å². The standard InChI is InChI=1S/C20H22N2O4S/c1-15-13-17(20(23)26-2)7-10-19(15)27(24,25)21-14-16-5-8-18(9-6-16)22-11-3-4-12-22/h3-10,13,21H,11-12,14H2,1-2H3. The van der Waals surface area contributed by atoms with Crippen molar-refractivity contribution in [3.8, 4) is 0 Å². The van der Waals surface area contributed by atoms with Crippen LogP contribution in [0.1, 0.15) is 21.5 Å². The molecule has 142 valence electrons. The molecule has 0 aliphatic carbocycles. The number of hydrogen-bond donors (Lipinski definition) is 1. The molecule has 0 saturated carbocycles. The number of sulfonamides is 1. The molecule has 0 spiro atoms. The van der Waals surface area contributed by atoms with Crippen LogP contribution in [-0.2, 0) is 21.3 Å². The van der Waals surface area contributed by atoms with Crippen molar-refractivity contribution in [3.05, 3.63) is 71.3 Å². The summed E-state index contributed by atoms with van der Waals surface area (Å²) in [6, 6.07) is 12.2. The van der Waals surface area contributed by atoms with E-state index in [4.69, 9.17) is 0 Å². The van der Waals surface area contributed by atoms with Crippen molar-refractivity contribution in [3.63, 3.8) is 0 Å². The fourth-order valence-corrected chi connectivity index (χ4v) is 4.21. The third-order valence-electron chi connectivity index (χ3n) is 4.47. The Hall–Kier alpha value is -2.64. The Kier molecular flexibility index (Phi) is 5.62. The first-order chi connectivity index (χ1) is 12.9. The summed E-state index contributed by atoms with van der Waals surface area (Å²) in [5, 5.41) is 0. The molecule has 0 bridgehead atoms. The van der Waals surface area contributed by atoms with Gasteiger partial charge in [-0.2, -0.15) is 0 Å². The summed E-state index contributed by atoms with van der Waals surface area (Å²) in [6.07, 6.45) is 4.24. The summed E-state index contributed by atoms with van der Waals surface area (Å²) in [6.45, 7) is 3.64. The number of nitrogens with one attached hydrogen (secondary N) is 1. The lowest BCUT2D eigenvalue weighted by molar-refractivity contribution is 0.0600. The SMILES string of the molecule is COC(=O)c1ccc(S(=O)(=O)NCc2ccc(N3CC=CC3)cc2)c(C)c1. The Bertz CT molecular complexity index is 958. The molecule has 0 saturated heterocycles. The minimum Gasteiger partial charge on any atom is -0.465 e. The van der Waals surface area contributed by atoms with Gasteiger partial charge in [0, 0.05) is 25.3 Å². The fraction of sp³-hybridized carbons (Fsp3) is 0.250. The highest BCUT2D eigenvalue weighted by Crippen LogP contribution is 2.20. The average Bonchev–Trinajstić information content (AvgIpc) is 3.20. The summed E-state index contributed by atoms with van der Waals surface area (Å²) >= 11 is 0. The highest BCUT2D eigenvalue weighted by atomic mass is 32.2. The number of carbonyl (C=O) groups is 1. The molecule has 6 nitrogen and oxygen atoms in total. The molecule has 1 aliphatic heterocycles. The number of anilines is 1. The van der Waals surface area contributed by atoms with Gasteiger partial charge in [0.05, 0.1) is 17.6 Å². The highest BCUT2D eigenvalue weighted by Gasteiger charge is 2.18. The van der Waals surface area contributed by atoms with Crippen LogP contribution in [0.4, 0.5) is 5.69 Å². The quantitative estimate of drug-likeness (QED) is 0.610. The summed E-state index contributed by atoms with van der Waals surface area (Å²) in [5.41, 5.74) is 2.79. The predicted octanol–water partition coefficient (Wildman–Crippen LogP) is 2.64. The van der Waals surface area contributed by atoms with E-state index in [1.165, 1.54) is 25.3 Å². The van der Waals surface area contributed by atoms with Crippen molar-refractivity contribution < 1.29 is 17.9 Å². The zero-order chi connectivity index (χ0) is 19.4. The third-order valence-corrected chi connectivity index (χ3v) is 6.03. The fourth-order valence-electron chi connectivity index (χ4n) is 2.97. The third kappa shape index (κ3) is 4.37. The Labute approximate surface area is 159 Å². The number of aryl methyl sites for hydroxylation is 1. The molecule has 3 rings (SSSR count). The highest BCUT2D eigenvalue weighted by molar-refractivity contribution is 7.89.